The van der Waals surface area contributed by atoms with Crippen molar-refractivity contribution in [2.45, 2.75) is 57.2 Å². The lowest BCUT2D eigenvalue weighted by molar-refractivity contribution is 0.240. The maximum atomic E-state index is 12.9. The lowest BCUT2D eigenvalue weighted by Crippen LogP contribution is -2.42. The fourth-order valence-corrected chi connectivity index (χ4v) is 5.91. The summed E-state index contributed by atoms with van der Waals surface area (Å²) in [5, 5.41) is -0.138. The van der Waals surface area contributed by atoms with Crippen molar-refractivity contribution >= 4 is 10.0 Å². The lowest BCUT2D eigenvalue weighted by Gasteiger charge is -2.35. The van der Waals surface area contributed by atoms with Gasteiger partial charge >= 0.3 is 0 Å². The highest BCUT2D eigenvalue weighted by atomic mass is 32.2. The molecule has 1 atom stereocenters. The summed E-state index contributed by atoms with van der Waals surface area (Å²) >= 11 is 0. The Morgan fingerprint density at radius 3 is 2.29 bits per heavy atom. The Balaban J connectivity index is 1.61. The number of hydrogen-bond donors (Lipinski definition) is 0. The molecule has 120 valence electrons. The zero-order valence-corrected chi connectivity index (χ0v) is 14.1. The van der Waals surface area contributed by atoms with Crippen molar-refractivity contribution < 1.29 is 8.42 Å². The van der Waals surface area contributed by atoms with Crippen molar-refractivity contribution in [2.75, 3.05) is 26.2 Å². The van der Waals surface area contributed by atoms with Crippen LogP contribution < -0.4 is 0 Å². The summed E-state index contributed by atoms with van der Waals surface area (Å²) in [5.74, 6) is 0. The van der Waals surface area contributed by atoms with Gasteiger partial charge in [-0.1, -0.05) is 26.0 Å². The van der Waals surface area contributed by atoms with Gasteiger partial charge in [0.1, 0.15) is 0 Å². The topological polar surface area (TPSA) is 40.6 Å². The van der Waals surface area contributed by atoms with Gasteiger partial charge in [-0.2, -0.15) is 0 Å². The van der Waals surface area contributed by atoms with Crippen LogP contribution in [0, 0.1) is 5.41 Å². The van der Waals surface area contributed by atoms with E-state index in [0.717, 1.165) is 45.2 Å². The summed E-state index contributed by atoms with van der Waals surface area (Å²) in [6, 6.07) is 0.412. The van der Waals surface area contributed by atoms with Crippen LogP contribution in [0.3, 0.4) is 0 Å². The molecule has 0 aromatic carbocycles. The van der Waals surface area contributed by atoms with Crippen molar-refractivity contribution in [3.05, 3.63) is 12.2 Å². The summed E-state index contributed by atoms with van der Waals surface area (Å²) in [5.41, 5.74) is 0.320. The monoisotopic (exact) mass is 312 g/mol. The molecule has 1 aliphatic carbocycles. The van der Waals surface area contributed by atoms with Crippen LogP contribution in [0.5, 0.6) is 0 Å². The van der Waals surface area contributed by atoms with E-state index < -0.39 is 10.0 Å². The number of rotatable bonds is 3. The normalized spacial score (nSPS) is 32.0. The van der Waals surface area contributed by atoms with Crippen molar-refractivity contribution in [1.82, 2.24) is 9.21 Å². The van der Waals surface area contributed by atoms with Gasteiger partial charge < -0.3 is 0 Å². The van der Waals surface area contributed by atoms with Gasteiger partial charge in [-0.3, -0.25) is 4.90 Å². The zero-order valence-electron chi connectivity index (χ0n) is 13.3. The third-order valence-corrected chi connectivity index (χ3v) is 7.92. The van der Waals surface area contributed by atoms with Crippen LogP contribution in [0.2, 0.25) is 0 Å². The molecule has 0 aromatic heterocycles. The van der Waals surface area contributed by atoms with E-state index in [4.69, 9.17) is 0 Å². The van der Waals surface area contributed by atoms with Crippen LogP contribution in [0.25, 0.3) is 0 Å². The van der Waals surface area contributed by atoms with E-state index in [-0.39, 0.29) is 5.25 Å². The van der Waals surface area contributed by atoms with Gasteiger partial charge in [-0.05, 0) is 37.5 Å². The molecular formula is C16H28N2O2S. The predicted octanol–water partition coefficient (Wildman–Crippen LogP) is 2.23. The fourth-order valence-electron chi connectivity index (χ4n) is 3.91. The van der Waals surface area contributed by atoms with Crippen LogP contribution in [0.1, 0.15) is 46.0 Å². The Kier molecular flexibility index (Phi) is 4.19. The summed E-state index contributed by atoms with van der Waals surface area (Å²) in [7, 11) is -3.09. The lowest BCUT2D eigenvalue weighted by atomic mass is 9.77. The van der Waals surface area contributed by atoms with Crippen LogP contribution in [0.4, 0.5) is 0 Å². The molecule has 3 rings (SSSR count). The van der Waals surface area contributed by atoms with Crippen LogP contribution in [0.15, 0.2) is 12.2 Å². The highest BCUT2D eigenvalue weighted by Crippen LogP contribution is 2.38. The number of nitrogens with zero attached hydrogens (tertiary/aromatic N) is 2. The first kappa shape index (κ1) is 15.5. The zero-order chi connectivity index (χ0) is 15.1. The van der Waals surface area contributed by atoms with Gasteiger partial charge in [-0.15, -0.1) is 0 Å². The van der Waals surface area contributed by atoms with Gasteiger partial charge in [-0.25, -0.2) is 12.7 Å². The minimum Gasteiger partial charge on any atom is -0.292 e. The first-order chi connectivity index (χ1) is 9.88. The molecule has 2 heterocycles. The quantitative estimate of drug-likeness (QED) is 0.750. The number of hydrogen-bond acceptors (Lipinski definition) is 3. The van der Waals surface area contributed by atoms with E-state index in [2.05, 4.69) is 30.9 Å². The average Bonchev–Trinajstić information content (AvgIpc) is 3.09. The van der Waals surface area contributed by atoms with Gasteiger partial charge in [0, 0.05) is 32.2 Å². The molecule has 2 fully saturated rings. The number of sulfonamides is 1. The molecule has 0 aromatic rings. The molecule has 5 heteroatoms. The summed E-state index contributed by atoms with van der Waals surface area (Å²) in [6.45, 7) is 7.88. The molecule has 0 spiro atoms. The molecule has 21 heavy (non-hydrogen) atoms. The SMILES string of the molecule is CC1(C)CCC(S(=O)(=O)N2CC[C@H](N3CC=CC3)C2)CC1. The van der Waals surface area contributed by atoms with Crippen molar-refractivity contribution in [2.24, 2.45) is 5.41 Å². The molecule has 1 saturated carbocycles. The Hall–Kier alpha value is -0.390. The predicted molar refractivity (Wildman–Crippen MR) is 85.6 cm³/mol. The van der Waals surface area contributed by atoms with Crippen LogP contribution in [-0.4, -0.2) is 55.1 Å². The van der Waals surface area contributed by atoms with Gasteiger partial charge in [0.05, 0.1) is 5.25 Å². The molecule has 0 bridgehead atoms. The third kappa shape index (κ3) is 3.20. The van der Waals surface area contributed by atoms with Crippen molar-refractivity contribution in [3.63, 3.8) is 0 Å². The molecule has 0 N–H and O–H groups in total. The van der Waals surface area contributed by atoms with Crippen molar-refractivity contribution in [1.29, 1.82) is 0 Å². The van der Waals surface area contributed by atoms with Crippen LogP contribution >= 0.6 is 0 Å². The summed E-state index contributed by atoms with van der Waals surface area (Å²) < 4.78 is 27.5. The Bertz CT molecular complexity index is 494. The van der Waals surface area contributed by atoms with E-state index in [1.54, 1.807) is 4.31 Å². The van der Waals surface area contributed by atoms with E-state index in [9.17, 15) is 8.42 Å². The molecule has 3 aliphatic rings. The first-order valence-corrected chi connectivity index (χ1v) is 9.77. The summed E-state index contributed by atoms with van der Waals surface area (Å²) in [6.07, 6.45) is 9.08. The Morgan fingerprint density at radius 2 is 1.67 bits per heavy atom. The maximum absolute atomic E-state index is 12.9. The second-order valence-electron chi connectivity index (χ2n) is 7.63. The second kappa shape index (κ2) is 5.67. The van der Waals surface area contributed by atoms with Crippen molar-refractivity contribution in [3.8, 4) is 0 Å². The van der Waals surface area contributed by atoms with E-state index in [0.29, 0.717) is 24.5 Å². The fraction of sp³-hybridized carbons (Fsp3) is 0.875. The highest BCUT2D eigenvalue weighted by molar-refractivity contribution is 7.89. The molecular weight excluding hydrogens is 284 g/mol. The molecule has 1 saturated heterocycles. The smallest absolute Gasteiger partial charge is 0.217 e. The van der Waals surface area contributed by atoms with E-state index in [1.807, 2.05) is 0 Å². The molecule has 2 aliphatic heterocycles. The Labute approximate surface area is 129 Å². The molecule has 0 radical (unpaired) electrons. The maximum Gasteiger partial charge on any atom is 0.217 e. The molecule has 0 amide bonds. The van der Waals surface area contributed by atoms with Crippen LogP contribution in [-0.2, 0) is 10.0 Å². The minimum absolute atomic E-state index is 0.138. The minimum atomic E-state index is -3.09. The first-order valence-electron chi connectivity index (χ1n) is 8.26. The van der Waals surface area contributed by atoms with Gasteiger partial charge in [0.2, 0.25) is 10.0 Å². The standard InChI is InChI=1S/C16H28N2O2S/c1-16(2)8-5-15(6-9-16)21(19,20)18-12-7-14(13-18)17-10-3-4-11-17/h3-4,14-15H,5-13H2,1-2H3/t14-/m0/s1. The average molecular weight is 312 g/mol. The van der Waals surface area contributed by atoms with Gasteiger partial charge in [0.15, 0.2) is 0 Å². The molecule has 0 unspecified atom stereocenters. The van der Waals surface area contributed by atoms with E-state index >= 15 is 0 Å². The largest absolute Gasteiger partial charge is 0.292 e. The molecule has 4 nitrogen and oxygen atoms in total. The summed E-state index contributed by atoms with van der Waals surface area (Å²) in [4.78, 5) is 2.39. The third-order valence-electron chi connectivity index (χ3n) is 5.56. The van der Waals surface area contributed by atoms with Gasteiger partial charge in [0.25, 0.3) is 0 Å². The highest BCUT2D eigenvalue weighted by Gasteiger charge is 2.41. The second-order valence-corrected chi connectivity index (χ2v) is 9.85. The Morgan fingerprint density at radius 1 is 1.05 bits per heavy atom. The van der Waals surface area contributed by atoms with E-state index in [1.165, 1.54) is 0 Å².